The van der Waals surface area contributed by atoms with Crippen LogP contribution in [-0.4, -0.2) is 38.6 Å². The van der Waals surface area contributed by atoms with E-state index in [0.29, 0.717) is 22.2 Å². The number of fused-ring (bicyclic) bond motifs is 1. The zero-order chi connectivity index (χ0) is 18.0. The molecule has 0 radical (unpaired) electrons. The first-order valence-electron chi connectivity index (χ1n) is 7.20. The second-order valence-corrected chi connectivity index (χ2v) is 5.17. The van der Waals surface area contributed by atoms with Crippen LogP contribution in [0.25, 0.3) is 22.2 Å². The second-order valence-electron chi connectivity index (χ2n) is 5.17. The third-order valence-electron chi connectivity index (χ3n) is 3.48. The number of carbonyl (C=O) groups excluding carboxylic acids is 1. The molecule has 3 rings (SSSR count). The van der Waals surface area contributed by atoms with E-state index >= 15 is 0 Å². The molecule has 3 N–H and O–H groups in total. The normalized spacial score (nSPS) is 10.6. The fraction of sp³-hybridized carbons (Fsp3) is 0.0588. The molecule has 0 aliphatic rings. The maximum absolute atomic E-state index is 13.0. The predicted octanol–water partition coefficient (Wildman–Crippen LogP) is 1.96. The van der Waals surface area contributed by atoms with Crippen LogP contribution < -0.4 is 5.32 Å². The number of carboxylic acids is 1. The van der Waals surface area contributed by atoms with E-state index in [2.05, 4.69) is 15.3 Å². The summed E-state index contributed by atoms with van der Waals surface area (Å²) < 4.78 is 13.0. The van der Waals surface area contributed by atoms with Gasteiger partial charge in [0.05, 0.1) is 17.4 Å². The molecule has 25 heavy (non-hydrogen) atoms. The van der Waals surface area contributed by atoms with E-state index in [1.165, 1.54) is 18.3 Å². The highest BCUT2D eigenvalue weighted by Gasteiger charge is 2.17. The van der Waals surface area contributed by atoms with Crippen molar-refractivity contribution in [2.75, 3.05) is 6.54 Å². The maximum atomic E-state index is 13.0. The largest absolute Gasteiger partial charge is 0.505 e. The van der Waals surface area contributed by atoms with Gasteiger partial charge in [-0.2, -0.15) is 0 Å². The lowest BCUT2D eigenvalue weighted by Crippen LogP contribution is -2.29. The van der Waals surface area contributed by atoms with Crippen LogP contribution in [0.4, 0.5) is 4.39 Å². The Kier molecular flexibility index (Phi) is 4.25. The lowest BCUT2D eigenvalue weighted by atomic mass is 10.1. The van der Waals surface area contributed by atoms with Crippen molar-refractivity contribution >= 4 is 22.8 Å². The highest BCUT2D eigenvalue weighted by Crippen LogP contribution is 2.28. The molecule has 7 nitrogen and oxygen atoms in total. The number of hydrogen-bond acceptors (Lipinski definition) is 5. The highest BCUT2D eigenvalue weighted by atomic mass is 19.1. The van der Waals surface area contributed by atoms with Gasteiger partial charge in [0.2, 0.25) is 0 Å². The molecule has 0 atom stereocenters. The van der Waals surface area contributed by atoms with E-state index in [9.17, 15) is 19.1 Å². The molecular formula is C17H12FN3O4. The summed E-state index contributed by atoms with van der Waals surface area (Å²) in [5.41, 5.74) is 1.29. The molecule has 2 aromatic heterocycles. The van der Waals surface area contributed by atoms with Crippen molar-refractivity contribution in [2.45, 2.75) is 0 Å². The van der Waals surface area contributed by atoms with Crippen LogP contribution in [0.15, 0.2) is 42.6 Å². The Morgan fingerprint density at radius 1 is 1.12 bits per heavy atom. The number of amides is 1. The highest BCUT2D eigenvalue weighted by molar-refractivity contribution is 6.01. The van der Waals surface area contributed by atoms with Crippen molar-refractivity contribution < 1.29 is 24.2 Å². The van der Waals surface area contributed by atoms with Crippen molar-refractivity contribution in [3.8, 4) is 17.0 Å². The molecule has 0 aliphatic heterocycles. The number of aliphatic carboxylic acids is 1. The van der Waals surface area contributed by atoms with E-state index in [0.717, 1.165) is 0 Å². The van der Waals surface area contributed by atoms with Gasteiger partial charge in [0.25, 0.3) is 5.91 Å². The van der Waals surface area contributed by atoms with Crippen molar-refractivity contribution in [1.82, 2.24) is 15.3 Å². The molecule has 0 saturated heterocycles. The Hall–Kier alpha value is -3.55. The molecule has 0 aliphatic carbocycles. The van der Waals surface area contributed by atoms with Gasteiger partial charge < -0.3 is 15.5 Å². The Labute approximate surface area is 140 Å². The van der Waals surface area contributed by atoms with Crippen LogP contribution >= 0.6 is 0 Å². The average Bonchev–Trinajstić information content (AvgIpc) is 2.60. The zero-order valence-electron chi connectivity index (χ0n) is 12.7. The molecule has 8 heteroatoms. The topological polar surface area (TPSA) is 112 Å². The second kappa shape index (κ2) is 6.52. The summed E-state index contributed by atoms with van der Waals surface area (Å²) in [6.07, 6.45) is 1.30. The minimum atomic E-state index is -1.21. The van der Waals surface area contributed by atoms with E-state index in [4.69, 9.17) is 5.11 Å². The summed E-state index contributed by atoms with van der Waals surface area (Å²) in [6.45, 7) is -0.584. The first-order valence-corrected chi connectivity index (χ1v) is 7.20. The lowest BCUT2D eigenvalue weighted by molar-refractivity contribution is -0.135. The summed E-state index contributed by atoms with van der Waals surface area (Å²) in [6, 6.07) is 8.95. The minimum Gasteiger partial charge on any atom is -0.505 e. The Morgan fingerprint density at radius 2 is 1.84 bits per heavy atom. The standard InChI is InChI=1S/C17H12FN3O4/c18-10-3-1-9(2-4-10)12-6-5-11-13(21-12)7-19-15(16(11)24)17(25)20-8-14(22)23/h1-7,24H,8H2,(H,20,25)(H,22,23). The lowest BCUT2D eigenvalue weighted by Gasteiger charge is -2.08. The molecule has 0 fully saturated rings. The first kappa shape index (κ1) is 16.3. The van der Waals surface area contributed by atoms with E-state index in [1.807, 2.05) is 0 Å². The molecule has 3 aromatic rings. The summed E-state index contributed by atoms with van der Waals surface area (Å²) in [4.78, 5) is 30.6. The van der Waals surface area contributed by atoms with E-state index in [1.54, 1.807) is 24.3 Å². The predicted molar refractivity (Wildman–Crippen MR) is 86.6 cm³/mol. The van der Waals surface area contributed by atoms with E-state index in [-0.39, 0.29) is 11.5 Å². The Balaban J connectivity index is 1.97. The van der Waals surface area contributed by atoms with Gasteiger partial charge in [-0.15, -0.1) is 0 Å². The molecule has 2 heterocycles. The molecule has 0 spiro atoms. The number of carboxylic acid groups (broad SMARTS) is 1. The first-order chi connectivity index (χ1) is 12.0. The molecule has 1 amide bonds. The van der Waals surface area contributed by atoms with Crippen molar-refractivity contribution in [3.63, 3.8) is 0 Å². The van der Waals surface area contributed by atoms with Gasteiger partial charge in [0.1, 0.15) is 12.4 Å². The minimum absolute atomic E-state index is 0.287. The fourth-order valence-electron chi connectivity index (χ4n) is 2.28. The number of rotatable bonds is 4. The van der Waals surface area contributed by atoms with E-state index < -0.39 is 24.2 Å². The number of aromatic hydroxyl groups is 1. The van der Waals surface area contributed by atoms with Gasteiger partial charge in [-0.25, -0.2) is 14.4 Å². The Morgan fingerprint density at radius 3 is 2.52 bits per heavy atom. The molecular weight excluding hydrogens is 329 g/mol. The summed E-state index contributed by atoms with van der Waals surface area (Å²) in [5.74, 6) is -2.76. The molecule has 0 unspecified atom stereocenters. The molecule has 126 valence electrons. The average molecular weight is 341 g/mol. The number of aromatic nitrogens is 2. The van der Waals surface area contributed by atoms with Crippen molar-refractivity contribution in [1.29, 1.82) is 0 Å². The molecule has 0 bridgehead atoms. The third kappa shape index (κ3) is 3.37. The van der Waals surface area contributed by atoms with Crippen LogP contribution in [0.2, 0.25) is 0 Å². The summed E-state index contributed by atoms with van der Waals surface area (Å²) in [5, 5.41) is 21.2. The van der Waals surface area contributed by atoms with Gasteiger partial charge in [0.15, 0.2) is 11.4 Å². The summed E-state index contributed by atoms with van der Waals surface area (Å²) in [7, 11) is 0. The monoisotopic (exact) mass is 341 g/mol. The van der Waals surface area contributed by atoms with Crippen LogP contribution in [0, 0.1) is 5.82 Å². The van der Waals surface area contributed by atoms with Crippen LogP contribution in [0.5, 0.6) is 5.75 Å². The smallest absolute Gasteiger partial charge is 0.322 e. The van der Waals surface area contributed by atoms with Gasteiger partial charge >= 0.3 is 5.97 Å². The number of nitrogens with zero attached hydrogens (tertiary/aromatic N) is 2. The fourth-order valence-corrected chi connectivity index (χ4v) is 2.28. The molecule has 1 aromatic carbocycles. The van der Waals surface area contributed by atoms with Crippen LogP contribution in [-0.2, 0) is 4.79 Å². The third-order valence-corrected chi connectivity index (χ3v) is 3.48. The number of benzene rings is 1. The maximum Gasteiger partial charge on any atom is 0.322 e. The number of nitrogens with one attached hydrogen (secondary N) is 1. The van der Waals surface area contributed by atoms with Gasteiger partial charge in [-0.3, -0.25) is 9.59 Å². The van der Waals surface area contributed by atoms with Crippen LogP contribution in [0.1, 0.15) is 10.5 Å². The molecule has 0 saturated carbocycles. The number of pyridine rings is 2. The number of hydrogen-bond donors (Lipinski definition) is 3. The van der Waals surface area contributed by atoms with Crippen LogP contribution in [0.3, 0.4) is 0 Å². The summed E-state index contributed by atoms with van der Waals surface area (Å²) >= 11 is 0. The van der Waals surface area contributed by atoms with Gasteiger partial charge in [0, 0.05) is 10.9 Å². The number of halogens is 1. The number of carbonyl (C=O) groups is 2. The van der Waals surface area contributed by atoms with Crippen molar-refractivity contribution in [2.24, 2.45) is 0 Å². The SMILES string of the molecule is O=C(O)CNC(=O)c1ncc2nc(-c3ccc(F)cc3)ccc2c1O. The van der Waals surface area contributed by atoms with Crippen molar-refractivity contribution in [3.05, 3.63) is 54.1 Å². The zero-order valence-corrected chi connectivity index (χ0v) is 12.7. The van der Waals surface area contributed by atoms with Gasteiger partial charge in [-0.1, -0.05) is 0 Å². The Bertz CT molecular complexity index is 974. The quantitative estimate of drug-likeness (QED) is 0.669. The van der Waals surface area contributed by atoms with Gasteiger partial charge in [-0.05, 0) is 36.4 Å².